The first-order chi connectivity index (χ1) is 13.8. The van der Waals surface area contributed by atoms with Gasteiger partial charge in [0, 0.05) is 48.8 Å². The lowest BCUT2D eigenvalue weighted by Crippen LogP contribution is -2.58. The Morgan fingerprint density at radius 3 is 2.40 bits per heavy atom. The Balaban J connectivity index is 1.98. The number of carbonyl (C=O) groups excluding carboxylic acids is 2. The minimum Gasteiger partial charge on any atom is -0.466 e. The highest BCUT2D eigenvalue weighted by Gasteiger charge is 2.61. The van der Waals surface area contributed by atoms with E-state index in [0.717, 1.165) is 0 Å². The molecule has 7 heteroatoms. The van der Waals surface area contributed by atoms with Gasteiger partial charge in [0.2, 0.25) is 5.79 Å². The van der Waals surface area contributed by atoms with E-state index < -0.39 is 28.0 Å². The summed E-state index contributed by atoms with van der Waals surface area (Å²) in [5, 5.41) is 23.4. The van der Waals surface area contributed by atoms with Crippen molar-refractivity contribution in [2.24, 2.45) is 16.7 Å². The number of carbonyl (C=O) groups is 2. The summed E-state index contributed by atoms with van der Waals surface area (Å²) in [6.07, 6.45) is 1.10. The Morgan fingerprint density at radius 2 is 1.73 bits per heavy atom. The van der Waals surface area contributed by atoms with Gasteiger partial charge in [-0.25, -0.2) is 0 Å². The predicted octanol–water partition coefficient (Wildman–Crippen LogP) is 4.05. The number of benzene rings is 1. The van der Waals surface area contributed by atoms with Crippen LogP contribution in [0.4, 0.5) is 5.69 Å². The smallest absolute Gasteiger partial charge is 0.273 e. The van der Waals surface area contributed by atoms with Gasteiger partial charge in [-0.2, -0.15) is 0 Å². The fourth-order valence-electron chi connectivity index (χ4n) is 5.58. The summed E-state index contributed by atoms with van der Waals surface area (Å²) < 4.78 is 6.07. The molecule has 0 saturated heterocycles. The van der Waals surface area contributed by atoms with Gasteiger partial charge in [0.1, 0.15) is 11.5 Å². The molecule has 1 heterocycles. The van der Waals surface area contributed by atoms with Crippen LogP contribution in [0.5, 0.6) is 0 Å². The molecule has 3 atom stereocenters. The highest BCUT2D eigenvalue weighted by atomic mass is 16.6. The maximum atomic E-state index is 13.3. The Labute approximate surface area is 175 Å². The van der Waals surface area contributed by atoms with Crippen LogP contribution in [0.25, 0.3) is 0 Å². The standard InChI is InChI=1S/C23H27NO6/c1-21(2)9-15(25)19-17(11-21)30-23(27)12-22(3,4)10-16(26)20(23)18(19)13-7-5-6-8-14(13)24(28)29/h5-8,18,20,27H,9-12H2,1-4H3. The highest BCUT2D eigenvalue weighted by Crippen LogP contribution is 2.58. The van der Waals surface area contributed by atoms with E-state index in [0.29, 0.717) is 17.8 Å². The molecule has 160 valence electrons. The Bertz CT molecular complexity index is 991. The second-order valence-corrected chi connectivity index (χ2v) is 10.5. The number of hydrogen-bond donors (Lipinski definition) is 1. The second kappa shape index (κ2) is 6.48. The van der Waals surface area contributed by atoms with E-state index in [1.165, 1.54) is 6.07 Å². The molecule has 4 rings (SSSR count). The Kier molecular flexibility index (Phi) is 4.47. The van der Waals surface area contributed by atoms with Gasteiger partial charge in [0.05, 0.1) is 10.8 Å². The molecule has 0 radical (unpaired) electrons. The van der Waals surface area contributed by atoms with Gasteiger partial charge in [-0.15, -0.1) is 0 Å². The predicted molar refractivity (Wildman–Crippen MR) is 108 cm³/mol. The van der Waals surface area contributed by atoms with E-state index in [9.17, 15) is 24.8 Å². The largest absolute Gasteiger partial charge is 0.466 e. The van der Waals surface area contributed by atoms with Gasteiger partial charge in [-0.3, -0.25) is 19.7 Å². The van der Waals surface area contributed by atoms with Crippen LogP contribution in [-0.2, 0) is 14.3 Å². The summed E-state index contributed by atoms with van der Waals surface area (Å²) in [4.78, 5) is 37.8. The van der Waals surface area contributed by atoms with Crippen molar-refractivity contribution in [2.75, 3.05) is 0 Å². The van der Waals surface area contributed by atoms with E-state index in [-0.39, 0.29) is 47.5 Å². The molecule has 0 amide bonds. The summed E-state index contributed by atoms with van der Waals surface area (Å²) in [7, 11) is 0. The van der Waals surface area contributed by atoms with Gasteiger partial charge < -0.3 is 9.84 Å². The van der Waals surface area contributed by atoms with Gasteiger partial charge in [0.25, 0.3) is 5.69 Å². The van der Waals surface area contributed by atoms with Crippen LogP contribution in [0.15, 0.2) is 35.6 Å². The highest BCUT2D eigenvalue weighted by molar-refractivity contribution is 6.01. The first kappa shape index (κ1) is 20.7. The lowest BCUT2D eigenvalue weighted by atomic mass is 9.59. The fourth-order valence-corrected chi connectivity index (χ4v) is 5.58. The molecule has 1 saturated carbocycles. The van der Waals surface area contributed by atoms with Crippen molar-refractivity contribution in [1.29, 1.82) is 0 Å². The van der Waals surface area contributed by atoms with Crippen LogP contribution in [0, 0.1) is 26.9 Å². The number of rotatable bonds is 2. The monoisotopic (exact) mass is 413 g/mol. The minimum atomic E-state index is -1.81. The Morgan fingerprint density at radius 1 is 1.07 bits per heavy atom. The molecule has 30 heavy (non-hydrogen) atoms. The van der Waals surface area contributed by atoms with Crippen molar-refractivity contribution in [3.63, 3.8) is 0 Å². The minimum absolute atomic E-state index is 0.158. The number of nitro groups is 1. The maximum absolute atomic E-state index is 13.3. The Hall–Kier alpha value is -2.54. The molecule has 0 bridgehead atoms. The normalized spacial score (nSPS) is 32.2. The number of ether oxygens (including phenoxy) is 1. The summed E-state index contributed by atoms with van der Waals surface area (Å²) in [5.41, 5.74) is -0.412. The molecular weight excluding hydrogens is 386 g/mol. The molecule has 0 spiro atoms. The van der Waals surface area contributed by atoms with Crippen LogP contribution in [0.3, 0.4) is 0 Å². The quantitative estimate of drug-likeness (QED) is 0.579. The first-order valence-corrected chi connectivity index (χ1v) is 10.3. The van der Waals surface area contributed by atoms with E-state index >= 15 is 0 Å². The van der Waals surface area contributed by atoms with Crippen LogP contribution in [-0.4, -0.2) is 27.4 Å². The number of Topliss-reactive ketones (excluding diaryl/α,β-unsaturated/α-hetero) is 2. The number of fused-ring (bicyclic) bond motifs is 1. The van der Waals surface area contributed by atoms with Gasteiger partial charge >= 0.3 is 0 Å². The van der Waals surface area contributed by atoms with E-state index in [1.54, 1.807) is 18.2 Å². The lowest BCUT2D eigenvalue weighted by molar-refractivity contribution is -0.385. The SMILES string of the molecule is CC1(C)CC(=O)C2=C(C1)OC1(O)CC(C)(C)CC(=O)C1C2c1ccccc1[N+](=O)[O-]. The van der Waals surface area contributed by atoms with Crippen LogP contribution in [0.1, 0.15) is 64.9 Å². The first-order valence-electron chi connectivity index (χ1n) is 10.3. The number of aliphatic hydroxyl groups is 1. The van der Waals surface area contributed by atoms with Crippen molar-refractivity contribution in [3.05, 3.63) is 51.3 Å². The van der Waals surface area contributed by atoms with E-state index in [2.05, 4.69) is 0 Å². The third kappa shape index (κ3) is 3.25. The molecule has 3 unspecified atom stereocenters. The van der Waals surface area contributed by atoms with Crippen LogP contribution >= 0.6 is 0 Å². The summed E-state index contributed by atoms with van der Waals surface area (Å²) >= 11 is 0. The van der Waals surface area contributed by atoms with Crippen molar-refractivity contribution in [3.8, 4) is 0 Å². The molecule has 0 aromatic heterocycles. The van der Waals surface area contributed by atoms with Crippen molar-refractivity contribution >= 4 is 17.3 Å². The molecule has 7 nitrogen and oxygen atoms in total. The summed E-state index contributed by atoms with van der Waals surface area (Å²) in [5.74, 6) is -3.81. The number of hydrogen-bond acceptors (Lipinski definition) is 6. The lowest BCUT2D eigenvalue weighted by Gasteiger charge is -2.53. The number of nitrogens with zero attached hydrogens (tertiary/aromatic N) is 1. The molecule has 3 aliphatic rings. The van der Waals surface area contributed by atoms with Crippen molar-refractivity contribution in [2.45, 2.75) is 65.1 Å². The topological polar surface area (TPSA) is 107 Å². The molecule has 1 fully saturated rings. The molecular formula is C23H27NO6. The van der Waals surface area contributed by atoms with Crippen molar-refractivity contribution in [1.82, 2.24) is 0 Å². The number of ketones is 2. The van der Waals surface area contributed by atoms with Gasteiger partial charge in [-0.05, 0) is 10.8 Å². The zero-order valence-corrected chi connectivity index (χ0v) is 17.7. The third-order valence-electron chi connectivity index (χ3n) is 6.51. The number of allylic oxidation sites excluding steroid dienone is 2. The van der Waals surface area contributed by atoms with Crippen LogP contribution in [0.2, 0.25) is 0 Å². The fraction of sp³-hybridized carbons (Fsp3) is 0.565. The van der Waals surface area contributed by atoms with Crippen molar-refractivity contribution < 1.29 is 24.4 Å². The molecule has 1 N–H and O–H groups in total. The number of para-hydroxylation sites is 1. The summed E-state index contributed by atoms with van der Waals surface area (Å²) in [6, 6.07) is 6.17. The number of nitro benzene ring substituents is 1. The second-order valence-electron chi connectivity index (χ2n) is 10.5. The zero-order valence-electron chi connectivity index (χ0n) is 17.7. The molecule has 1 aliphatic heterocycles. The molecule has 1 aromatic carbocycles. The zero-order chi connectivity index (χ0) is 22.1. The maximum Gasteiger partial charge on any atom is 0.273 e. The average Bonchev–Trinajstić information content (AvgIpc) is 2.56. The van der Waals surface area contributed by atoms with Gasteiger partial charge in [0.15, 0.2) is 5.78 Å². The van der Waals surface area contributed by atoms with E-state index in [1.807, 2.05) is 27.7 Å². The average molecular weight is 413 g/mol. The third-order valence-corrected chi connectivity index (χ3v) is 6.51. The molecule has 2 aliphatic carbocycles. The summed E-state index contributed by atoms with van der Waals surface area (Å²) in [6.45, 7) is 7.68. The van der Waals surface area contributed by atoms with Crippen LogP contribution < -0.4 is 0 Å². The van der Waals surface area contributed by atoms with Gasteiger partial charge in [-0.1, -0.05) is 45.9 Å². The van der Waals surface area contributed by atoms with E-state index in [4.69, 9.17) is 4.74 Å². The molecule has 1 aromatic rings.